The first-order valence-corrected chi connectivity index (χ1v) is 9.08. The Hall–Kier alpha value is -2.60. The van der Waals surface area contributed by atoms with Crippen molar-refractivity contribution in [2.45, 2.75) is 38.1 Å². The van der Waals surface area contributed by atoms with Gasteiger partial charge in [0.15, 0.2) is 5.82 Å². The number of carbonyl (C=O) groups excluding carboxylic acids is 1. The maximum absolute atomic E-state index is 12.0. The number of rotatable bonds is 7. The number of nitrogens with one attached hydrogen (secondary N) is 2. The van der Waals surface area contributed by atoms with Crippen LogP contribution in [0.15, 0.2) is 40.9 Å². The molecule has 4 rings (SSSR count). The summed E-state index contributed by atoms with van der Waals surface area (Å²) in [5, 5.41) is 7.44. The number of carbonyl (C=O) groups is 1. The highest BCUT2D eigenvalue weighted by Gasteiger charge is 2.29. The van der Waals surface area contributed by atoms with E-state index in [2.05, 4.69) is 20.4 Å². The second-order valence-electron chi connectivity index (χ2n) is 6.50. The van der Waals surface area contributed by atoms with Gasteiger partial charge in [0, 0.05) is 28.7 Å². The van der Waals surface area contributed by atoms with Gasteiger partial charge in [-0.25, -0.2) is 0 Å². The van der Waals surface area contributed by atoms with Crippen molar-refractivity contribution in [1.29, 1.82) is 0 Å². The highest BCUT2D eigenvalue weighted by molar-refractivity contribution is 6.30. The smallest absolute Gasteiger partial charge is 0.229 e. The van der Waals surface area contributed by atoms with Gasteiger partial charge in [-0.15, -0.1) is 0 Å². The minimum atomic E-state index is -0.0367. The van der Waals surface area contributed by atoms with E-state index in [0.29, 0.717) is 42.0 Å². The molecule has 1 amide bonds. The molecular formula is C19H19ClN4O2. The summed E-state index contributed by atoms with van der Waals surface area (Å²) in [4.78, 5) is 19.7. The van der Waals surface area contributed by atoms with Gasteiger partial charge in [0.1, 0.15) is 0 Å². The Bertz CT molecular complexity index is 896. The van der Waals surface area contributed by atoms with Crippen LogP contribution in [0.5, 0.6) is 0 Å². The zero-order chi connectivity index (χ0) is 17.9. The molecule has 26 heavy (non-hydrogen) atoms. The number of H-pyrrole nitrogens is 1. The Labute approximate surface area is 156 Å². The van der Waals surface area contributed by atoms with E-state index in [1.165, 1.54) is 0 Å². The predicted molar refractivity (Wildman–Crippen MR) is 97.7 cm³/mol. The van der Waals surface area contributed by atoms with Gasteiger partial charge in [-0.3, -0.25) is 4.79 Å². The molecule has 0 radical (unpaired) electrons. The Morgan fingerprint density at radius 3 is 2.81 bits per heavy atom. The molecule has 0 aliphatic heterocycles. The molecule has 1 aliphatic rings. The lowest BCUT2D eigenvalue weighted by molar-refractivity contribution is -0.121. The molecule has 6 nitrogen and oxygen atoms in total. The van der Waals surface area contributed by atoms with Crippen LogP contribution in [0.3, 0.4) is 0 Å². The number of aromatic amines is 1. The minimum absolute atomic E-state index is 0.0367. The first-order valence-electron chi connectivity index (χ1n) is 8.70. The molecular weight excluding hydrogens is 352 g/mol. The second-order valence-corrected chi connectivity index (χ2v) is 6.94. The van der Waals surface area contributed by atoms with Crippen LogP contribution in [0.4, 0.5) is 0 Å². The summed E-state index contributed by atoms with van der Waals surface area (Å²) < 4.78 is 5.18. The van der Waals surface area contributed by atoms with Crippen molar-refractivity contribution in [3.63, 3.8) is 0 Å². The molecule has 3 aromatic rings. The topological polar surface area (TPSA) is 83.8 Å². The number of hydrogen-bond acceptors (Lipinski definition) is 4. The predicted octanol–water partition coefficient (Wildman–Crippen LogP) is 3.84. The molecule has 7 heteroatoms. The lowest BCUT2D eigenvalue weighted by Gasteiger charge is -2.02. The molecule has 0 spiro atoms. The van der Waals surface area contributed by atoms with Crippen LogP contribution in [0.1, 0.15) is 42.6 Å². The largest absolute Gasteiger partial charge is 0.358 e. The fourth-order valence-electron chi connectivity index (χ4n) is 2.73. The highest BCUT2D eigenvalue weighted by Crippen LogP contribution is 2.38. The molecule has 2 heterocycles. The molecule has 0 bridgehead atoms. The van der Waals surface area contributed by atoms with Gasteiger partial charge in [0.25, 0.3) is 0 Å². The minimum Gasteiger partial charge on any atom is -0.358 e. The molecule has 0 saturated heterocycles. The van der Waals surface area contributed by atoms with Crippen LogP contribution in [0, 0.1) is 0 Å². The number of aromatic nitrogens is 3. The van der Waals surface area contributed by atoms with Gasteiger partial charge in [0.2, 0.25) is 11.8 Å². The van der Waals surface area contributed by atoms with Crippen LogP contribution in [-0.2, 0) is 17.8 Å². The van der Waals surface area contributed by atoms with Crippen molar-refractivity contribution in [2.75, 3.05) is 0 Å². The Balaban J connectivity index is 1.25. The van der Waals surface area contributed by atoms with Crippen LogP contribution in [0.2, 0.25) is 5.02 Å². The van der Waals surface area contributed by atoms with E-state index in [9.17, 15) is 4.79 Å². The van der Waals surface area contributed by atoms with Crippen molar-refractivity contribution in [3.8, 4) is 11.3 Å². The van der Waals surface area contributed by atoms with E-state index in [-0.39, 0.29) is 5.91 Å². The fourth-order valence-corrected chi connectivity index (χ4v) is 2.86. The Morgan fingerprint density at radius 2 is 2.04 bits per heavy atom. The first kappa shape index (κ1) is 16.8. The number of benzene rings is 1. The van der Waals surface area contributed by atoms with E-state index < -0.39 is 0 Å². The Kier molecular flexibility index (Phi) is 4.75. The molecule has 1 fully saturated rings. The molecule has 2 aromatic heterocycles. The molecule has 2 N–H and O–H groups in total. The van der Waals surface area contributed by atoms with Gasteiger partial charge in [-0.1, -0.05) is 28.9 Å². The van der Waals surface area contributed by atoms with Crippen molar-refractivity contribution < 1.29 is 9.32 Å². The second kappa shape index (κ2) is 7.33. The SMILES string of the molecule is O=C(CCc1ccc(-c2ccc(Cl)cc2)[nH]1)NCc1noc(C2CC2)n1. The third-order valence-corrected chi connectivity index (χ3v) is 4.63. The first-order chi connectivity index (χ1) is 12.7. The lowest BCUT2D eigenvalue weighted by atomic mass is 10.2. The number of aryl methyl sites for hydroxylation is 1. The molecule has 0 atom stereocenters. The zero-order valence-electron chi connectivity index (χ0n) is 14.2. The number of amides is 1. The standard InChI is InChI=1S/C19H19ClN4O2/c20-14-5-3-12(4-6-14)16-9-7-15(22-16)8-10-18(25)21-11-17-23-19(26-24-17)13-1-2-13/h3-7,9,13,22H,1-2,8,10-11H2,(H,21,25). The van der Waals surface area contributed by atoms with E-state index >= 15 is 0 Å². The van der Waals surface area contributed by atoms with Crippen molar-refractivity contribution in [2.24, 2.45) is 0 Å². The molecule has 1 aromatic carbocycles. The lowest BCUT2D eigenvalue weighted by Crippen LogP contribution is -2.23. The third-order valence-electron chi connectivity index (χ3n) is 4.38. The maximum atomic E-state index is 12.0. The summed E-state index contributed by atoms with van der Waals surface area (Å²) in [6.45, 7) is 0.301. The fraction of sp³-hybridized carbons (Fsp3) is 0.316. The van der Waals surface area contributed by atoms with Crippen LogP contribution in [-0.4, -0.2) is 21.0 Å². The van der Waals surface area contributed by atoms with Crippen molar-refractivity contribution in [1.82, 2.24) is 20.4 Å². The van der Waals surface area contributed by atoms with Gasteiger partial charge in [-0.05, 0) is 49.1 Å². The number of nitrogens with zero attached hydrogens (tertiary/aromatic N) is 2. The third kappa shape index (κ3) is 4.14. The molecule has 0 unspecified atom stereocenters. The van der Waals surface area contributed by atoms with Crippen LogP contribution < -0.4 is 5.32 Å². The summed E-state index contributed by atoms with van der Waals surface area (Å²) in [6.07, 6.45) is 3.26. The summed E-state index contributed by atoms with van der Waals surface area (Å²) >= 11 is 5.91. The van der Waals surface area contributed by atoms with E-state index in [0.717, 1.165) is 29.8 Å². The van der Waals surface area contributed by atoms with Gasteiger partial charge < -0.3 is 14.8 Å². The monoisotopic (exact) mass is 370 g/mol. The summed E-state index contributed by atoms with van der Waals surface area (Å²) in [5.41, 5.74) is 3.09. The number of halogens is 1. The van der Waals surface area contributed by atoms with Crippen LogP contribution in [0.25, 0.3) is 11.3 Å². The van der Waals surface area contributed by atoms with Gasteiger partial charge in [0.05, 0.1) is 6.54 Å². The Morgan fingerprint density at radius 1 is 1.23 bits per heavy atom. The molecule has 134 valence electrons. The highest BCUT2D eigenvalue weighted by atomic mass is 35.5. The summed E-state index contributed by atoms with van der Waals surface area (Å²) in [7, 11) is 0. The van der Waals surface area contributed by atoms with Crippen LogP contribution >= 0.6 is 11.6 Å². The normalized spacial score (nSPS) is 13.7. The quantitative estimate of drug-likeness (QED) is 0.661. The average Bonchev–Trinajstić information content (AvgIpc) is 3.20. The van der Waals surface area contributed by atoms with E-state index in [1.54, 1.807) is 0 Å². The number of hydrogen-bond donors (Lipinski definition) is 2. The summed E-state index contributed by atoms with van der Waals surface area (Å²) in [6, 6.07) is 11.7. The molecule has 1 saturated carbocycles. The average molecular weight is 371 g/mol. The van der Waals surface area contributed by atoms with Crippen molar-refractivity contribution >= 4 is 17.5 Å². The van der Waals surface area contributed by atoms with Gasteiger partial charge >= 0.3 is 0 Å². The summed E-state index contributed by atoms with van der Waals surface area (Å²) in [5.74, 6) is 1.61. The van der Waals surface area contributed by atoms with E-state index in [4.69, 9.17) is 16.1 Å². The zero-order valence-corrected chi connectivity index (χ0v) is 14.9. The van der Waals surface area contributed by atoms with Crippen molar-refractivity contribution in [3.05, 3.63) is 58.8 Å². The van der Waals surface area contributed by atoms with Gasteiger partial charge in [-0.2, -0.15) is 4.98 Å². The maximum Gasteiger partial charge on any atom is 0.229 e. The molecule has 1 aliphatic carbocycles. The van der Waals surface area contributed by atoms with E-state index in [1.807, 2.05) is 36.4 Å².